The third kappa shape index (κ3) is 1.92. The maximum absolute atomic E-state index is 5.43. The zero-order chi connectivity index (χ0) is 7.12. The second kappa shape index (κ2) is 1.94. The number of hydrogen-bond acceptors (Lipinski definition) is 2. The Morgan fingerprint density at radius 1 is 1.33 bits per heavy atom. The molecule has 0 radical (unpaired) electrons. The molecule has 1 rings (SSSR count). The lowest BCUT2D eigenvalue weighted by Gasteiger charge is -2.18. The first-order chi connectivity index (χ1) is 3.91. The molecule has 1 heterocycles. The number of rotatable bonds is 0. The minimum Gasteiger partial charge on any atom is -0.347 e. The molecule has 0 bridgehead atoms. The Balaban J connectivity index is 2.58. The van der Waals surface area contributed by atoms with E-state index in [1.54, 1.807) is 0 Å². The van der Waals surface area contributed by atoms with Gasteiger partial charge in [-0.3, -0.25) is 0 Å². The average molecular weight is 195 g/mol. The third-order valence-corrected chi connectivity index (χ3v) is 1.53. The summed E-state index contributed by atoms with van der Waals surface area (Å²) in [5.41, 5.74) is 0. The molecule has 1 atom stereocenters. The van der Waals surface area contributed by atoms with Crippen LogP contribution < -0.4 is 0 Å². The van der Waals surface area contributed by atoms with Crippen molar-refractivity contribution in [3.8, 4) is 0 Å². The van der Waals surface area contributed by atoms with Crippen LogP contribution in [0.15, 0.2) is 0 Å². The van der Waals surface area contributed by atoms with Gasteiger partial charge in [0.25, 0.3) is 0 Å². The standard InChI is InChI=1S/C6H11BrO2/c1-5(2)8-4-6(3,7)9-5/h4H2,1-3H3. The van der Waals surface area contributed by atoms with Crippen molar-refractivity contribution in [2.45, 2.75) is 31.1 Å². The third-order valence-electron chi connectivity index (χ3n) is 1.14. The van der Waals surface area contributed by atoms with Crippen molar-refractivity contribution in [3.05, 3.63) is 0 Å². The molecule has 0 N–H and O–H groups in total. The van der Waals surface area contributed by atoms with E-state index in [1.165, 1.54) is 0 Å². The van der Waals surface area contributed by atoms with E-state index >= 15 is 0 Å². The van der Waals surface area contributed by atoms with Gasteiger partial charge >= 0.3 is 0 Å². The van der Waals surface area contributed by atoms with E-state index in [0.717, 1.165) is 0 Å². The van der Waals surface area contributed by atoms with Crippen molar-refractivity contribution in [1.29, 1.82) is 0 Å². The van der Waals surface area contributed by atoms with Crippen LogP contribution in [0, 0.1) is 0 Å². The molecule has 9 heavy (non-hydrogen) atoms. The lowest BCUT2D eigenvalue weighted by Crippen LogP contribution is -2.24. The second-order valence-electron chi connectivity index (χ2n) is 2.89. The van der Waals surface area contributed by atoms with Crippen LogP contribution in [0.3, 0.4) is 0 Å². The van der Waals surface area contributed by atoms with Crippen molar-refractivity contribution in [1.82, 2.24) is 0 Å². The van der Waals surface area contributed by atoms with Gasteiger partial charge in [0.05, 0.1) is 6.61 Å². The van der Waals surface area contributed by atoms with Crippen molar-refractivity contribution in [2.75, 3.05) is 6.61 Å². The van der Waals surface area contributed by atoms with E-state index in [9.17, 15) is 0 Å². The Hall–Kier alpha value is 0.400. The van der Waals surface area contributed by atoms with Gasteiger partial charge in [0.1, 0.15) is 4.51 Å². The Morgan fingerprint density at radius 2 is 1.89 bits per heavy atom. The van der Waals surface area contributed by atoms with Crippen molar-refractivity contribution in [2.24, 2.45) is 0 Å². The predicted molar refractivity (Wildman–Crippen MR) is 38.4 cm³/mol. The van der Waals surface area contributed by atoms with E-state index in [4.69, 9.17) is 9.47 Å². The van der Waals surface area contributed by atoms with Crippen LogP contribution in [-0.4, -0.2) is 16.9 Å². The van der Waals surface area contributed by atoms with Gasteiger partial charge in [0.2, 0.25) is 0 Å². The van der Waals surface area contributed by atoms with E-state index in [0.29, 0.717) is 6.61 Å². The maximum atomic E-state index is 5.43. The smallest absolute Gasteiger partial charge is 0.164 e. The molecule has 0 aromatic carbocycles. The van der Waals surface area contributed by atoms with E-state index in [-0.39, 0.29) is 4.51 Å². The minimum atomic E-state index is -0.418. The lowest BCUT2D eigenvalue weighted by atomic mass is 10.4. The summed E-state index contributed by atoms with van der Waals surface area (Å²) in [6.07, 6.45) is 0. The molecular weight excluding hydrogens is 184 g/mol. The second-order valence-corrected chi connectivity index (χ2v) is 4.57. The summed E-state index contributed by atoms with van der Waals surface area (Å²) in [7, 11) is 0. The van der Waals surface area contributed by atoms with Gasteiger partial charge in [-0.25, -0.2) is 0 Å². The molecule has 0 aromatic rings. The van der Waals surface area contributed by atoms with Crippen LogP contribution in [0.1, 0.15) is 20.8 Å². The summed E-state index contributed by atoms with van der Waals surface area (Å²) in [5, 5.41) is 0. The van der Waals surface area contributed by atoms with E-state index < -0.39 is 5.79 Å². The first-order valence-electron chi connectivity index (χ1n) is 2.94. The fourth-order valence-corrected chi connectivity index (χ4v) is 1.38. The molecule has 54 valence electrons. The fourth-order valence-electron chi connectivity index (χ4n) is 0.874. The average Bonchev–Trinajstić information content (AvgIpc) is 1.78. The molecule has 1 aliphatic heterocycles. The van der Waals surface area contributed by atoms with Gasteiger partial charge in [-0.05, 0) is 20.8 Å². The van der Waals surface area contributed by atoms with Crippen LogP contribution in [0.25, 0.3) is 0 Å². The molecule has 2 nitrogen and oxygen atoms in total. The summed E-state index contributed by atoms with van der Waals surface area (Å²) in [5.74, 6) is -0.418. The summed E-state index contributed by atoms with van der Waals surface area (Å²) in [6, 6.07) is 0. The Kier molecular flexibility index (Phi) is 1.62. The largest absolute Gasteiger partial charge is 0.347 e. The van der Waals surface area contributed by atoms with Gasteiger partial charge < -0.3 is 9.47 Å². The highest BCUT2D eigenvalue weighted by Gasteiger charge is 2.39. The summed E-state index contributed by atoms with van der Waals surface area (Å²) in [4.78, 5) is 0. The highest BCUT2D eigenvalue weighted by Crippen LogP contribution is 2.34. The monoisotopic (exact) mass is 194 g/mol. The molecule has 0 aromatic heterocycles. The number of alkyl halides is 1. The lowest BCUT2D eigenvalue weighted by molar-refractivity contribution is -0.140. The fraction of sp³-hybridized carbons (Fsp3) is 1.00. The number of hydrogen-bond donors (Lipinski definition) is 0. The topological polar surface area (TPSA) is 18.5 Å². The van der Waals surface area contributed by atoms with Gasteiger partial charge in [-0.2, -0.15) is 0 Å². The van der Waals surface area contributed by atoms with Gasteiger partial charge in [0.15, 0.2) is 5.79 Å². The summed E-state index contributed by atoms with van der Waals surface area (Å²) < 4.78 is 10.4. The van der Waals surface area contributed by atoms with Gasteiger partial charge in [-0.1, -0.05) is 15.9 Å². The van der Waals surface area contributed by atoms with Gasteiger partial charge in [0, 0.05) is 0 Å². The van der Waals surface area contributed by atoms with Crippen molar-refractivity contribution in [3.63, 3.8) is 0 Å². The first-order valence-corrected chi connectivity index (χ1v) is 3.74. The Bertz CT molecular complexity index is 106. The first kappa shape index (κ1) is 7.51. The van der Waals surface area contributed by atoms with Gasteiger partial charge in [-0.15, -0.1) is 0 Å². The SMILES string of the molecule is CC1(Br)COC(C)(C)O1. The Morgan fingerprint density at radius 3 is 2.00 bits per heavy atom. The molecular formula is C6H11BrO2. The van der Waals surface area contributed by atoms with E-state index in [1.807, 2.05) is 20.8 Å². The highest BCUT2D eigenvalue weighted by atomic mass is 79.9. The molecule has 1 saturated heterocycles. The van der Waals surface area contributed by atoms with Crippen LogP contribution >= 0.6 is 15.9 Å². The molecule has 0 saturated carbocycles. The van der Waals surface area contributed by atoms with Crippen LogP contribution in [0.5, 0.6) is 0 Å². The van der Waals surface area contributed by atoms with Crippen LogP contribution in [0.4, 0.5) is 0 Å². The minimum absolute atomic E-state index is 0.281. The van der Waals surface area contributed by atoms with E-state index in [2.05, 4.69) is 15.9 Å². The normalized spacial score (nSPS) is 41.3. The zero-order valence-corrected chi connectivity index (χ0v) is 7.49. The van der Waals surface area contributed by atoms with Crippen LogP contribution in [0.2, 0.25) is 0 Å². The zero-order valence-electron chi connectivity index (χ0n) is 5.90. The molecule has 0 spiro atoms. The molecule has 1 aliphatic rings. The quantitative estimate of drug-likeness (QED) is 0.549. The maximum Gasteiger partial charge on any atom is 0.164 e. The summed E-state index contributed by atoms with van der Waals surface area (Å²) in [6.45, 7) is 6.36. The molecule has 0 aliphatic carbocycles. The summed E-state index contributed by atoms with van der Waals surface area (Å²) >= 11 is 3.37. The number of halogens is 1. The van der Waals surface area contributed by atoms with Crippen molar-refractivity contribution < 1.29 is 9.47 Å². The molecule has 1 fully saturated rings. The molecule has 1 unspecified atom stereocenters. The predicted octanol–water partition coefficient (Wildman–Crippen LogP) is 1.88. The molecule has 3 heteroatoms. The van der Waals surface area contributed by atoms with Crippen LogP contribution in [-0.2, 0) is 9.47 Å². The molecule has 0 amide bonds. The van der Waals surface area contributed by atoms with Crippen molar-refractivity contribution >= 4 is 15.9 Å². The highest BCUT2D eigenvalue weighted by molar-refractivity contribution is 9.10. The Labute approximate surface area is 63.7 Å². The number of ether oxygens (including phenoxy) is 2.